The molecule has 5 heteroatoms. The molecule has 2 rings (SSSR count). The molecule has 96 valence electrons. The summed E-state index contributed by atoms with van der Waals surface area (Å²) in [4.78, 5) is 19.8. The lowest BCUT2D eigenvalue weighted by Gasteiger charge is -2.05. The van der Waals surface area contributed by atoms with E-state index in [1.807, 2.05) is 0 Å². The third-order valence-corrected chi connectivity index (χ3v) is 2.36. The Morgan fingerprint density at radius 2 is 2.05 bits per heavy atom. The number of nitrogens with one attached hydrogen (secondary N) is 1. The van der Waals surface area contributed by atoms with E-state index in [0.29, 0.717) is 17.3 Å². The van der Waals surface area contributed by atoms with Crippen LogP contribution in [0.15, 0.2) is 55.0 Å². The van der Waals surface area contributed by atoms with Gasteiger partial charge in [-0.15, -0.1) is 0 Å². The molecule has 0 bridgehead atoms. The van der Waals surface area contributed by atoms with Gasteiger partial charge in [0.05, 0.1) is 7.11 Å². The van der Waals surface area contributed by atoms with E-state index < -0.39 is 0 Å². The maximum absolute atomic E-state index is 11.7. The molecule has 0 fully saturated rings. The second-order valence-corrected chi connectivity index (χ2v) is 3.61. The van der Waals surface area contributed by atoms with Crippen molar-refractivity contribution >= 4 is 11.6 Å². The van der Waals surface area contributed by atoms with Gasteiger partial charge in [0.15, 0.2) is 11.6 Å². The van der Waals surface area contributed by atoms with Crippen LogP contribution >= 0.6 is 0 Å². The number of pyridine rings is 2. The molecule has 2 heterocycles. The van der Waals surface area contributed by atoms with Gasteiger partial charge >= 0.3 is 0 Å². The highest BCUT2D eigenvalue weighted by atomic mass is 16.5. The summed E-state index contributed by atoms with van der Waals surface area (Å²) in [6.45, 7) is 0. The first-order valence-electron chi connectivity index (χ1n) is 5.68. The minimum atomic E-state index is -0.178. The summed E-state index contributed by atoms with van der Waals surface area (Å²) >= 11 is 0. The van der Waals surface area contributed by atoms with Gasteiger partial charge in [0, 0.05) is 24.7 Å². The van der Waals surface area contributed by atoms with Crippen LogP contribution < -0.4 is 10.1 Å². The van der Waals surface area contributed by atoms with Crippen LogP contribution in [0.3, 0.4) is 0 Å². The van der Waals surface area contributed by atoms with Gasteiger partial charge in [-0.05, 0) is 24.3 Å². The zero-order chi connectivity index (χ0) is 13.5. The Balaban J connectivity index is 2.02. The molecule has 0 saturated carbocycles. The van der Waals surface area contributed by atoms with Gasteiger partial charge in [0.1, 0.15) is 5.69 Å². The number of aromatic nitrogens is 2. The predicted molar refractivity (Wildman–Crippen MR) is 72.1 cm³/mol. The number of carbonyl (C=O) groups excluding carboxylic acids is 1. The Kier molecular flexibility index (Phi) is 4.23. The molecule has 0 aromatic carbocycles. The van der Waals surface area contributed by atoms with Crippen LogP contribution in [0.2, 0.25) is 0 Å². The van der Waals surface area contributed by atoms with Crippen LogP contribution in [0.4, 0.5) is 5.82 Å². The second kappa shape index (κ2) is 6.30. The zero-order valence-corrected chi connectivity index (χ0v) is 10.4. The third kappa shape index (κ3) is 3.38. The van der Waals surface area contributed by atoms with E-state index in [1.165, 1.54) is 12.3 Å². The van der Waals surface area contributed by atoms with Gasteiger partial charge in [0.2, 0.25) is 5.78 Å². The number of allylic oxidation sites excluding steroid dienone is 1. The molecule has 1 N–H and O–H groups in total. The molecule has 0 aliphatic heterocycles. The fourth-order valence-corrected chi connectivity index (χ4v) is 1.45. The van der Waals surface area contributed by atoms with E-state index >= 15 is 0 Å². The summed E-state index contributed by atoms with van der Waals surface area (Å²) in [5.74, 6) is 0.982. The second-order valence-electron chi connectivity index (χ2n) is 3.61. The molecule has 0 aliphatic carbocycles. The number of hydrogen-bond donors (Lipinski definition) is 1. The van der Waals surface area contributed by atoms with E-state index in [-0.39, 0.29) is 5.78 Å². The van der Waals surface area contributed by atoms with Crippen molar-refractivity contribution in [2.45, 2.75) is 0 Å². The van der Waals surface area contributed by atoms with E-state index in [0.717, 1.165) is 0 Å². The normalized spacial score (nSPS) is 10.4. The minimum absolute atomic E-state index is 0.178. The molecule has 0 radical (unpaired) electrons. The Labute approximate surface area is 111 Å². The lowest BCUT2D eigenvalue weighted by Crippen LogP contribution is -2.00. The Morgan fingerprint density at radius 1 is 1.21 bits per heavy atom. The summed E-state index contributed by atoms with van der Waals surface area (Å²) in [7, 11) is 1.56. The number of ether oxygens (including phenoxy) is 1. The molecule has 19 heavy (non-hydrogen) atoms. The molecule has 2 aromatic rings. The average molecular weight is 255 g/mol. The molecule has 0 unspecified atom stereocenters. The van der Waals surface area contributed by atoms with Crippen LogP contribution in [0.5, 0.6) is 5.75 Å². The van der Waals surface area contributed by atoms with Crippen molar-refractivity contribution in [2.75, 3.05) is 12.4 Å². The number of carbonyl (C=O) groups is 1. The van der Waals surface area contributed by atoms with E-state index in [1.54, 1.807) is 49.8 Å². The van der Waals surface area contributed by atoms with Crippen LogP contribution in [0.25, 0.3) is 0 Å². The average Bonchev–Trinajstić information content (AvgIpc) is 2.48. The van der Waals surface area contributed by atoms with Crippen LogP contribution in [-0.2, 0) is 0 Å². The van der Waals surface area contributed by atoms with E-state index in [9.17, 15) is 4.79 Å². The molecular formula is C14H13N3O2. The summed E-state index contributed by atoms with van der Waals surface area (Å²) in [5, 5.41) is 2.90. The number of methoxy groups -OCH3 is 1. The summed E-state index contributed by atoms with van der Waals surface area (Å²) in [5.41, 5.74) is 0.397. The highest BCUT2D eigenvalue weighted by Crippen LogP contribution is 2.19. The number of ketones is 1. The summed E-state index contributed by atoms with van der Waals surface area (Å²) in [6.07, 6.45) is 6.13. The topological polar surface area (TPSA) is 64.1 Å². The molecule has 5 nitrogen and oxygen atoms in total. The van der Waals surface area contributed by atoms with Crippen molar-refractivity contribution in [2.24, 2.45) is 0 Å². The molecular weight excluding hydrogens is 242 g/mol. The largest absolute Gasteiger partial charge is 0.493 e. The summed E-state index contributed by atoms with van der Waals surface area (Å²) in [6, 6.07) is 8.74. The highest BCUT2D eigenvalue weighted by Gasteiger charge is 2.02. The van der Waals surface area contributed by atoms with Gasteiger partial charge in [-0.25, -0.2) is 4.98 Å². The number of nitrogens with zero attached hydrogens (tertiary/aromatic N) is 2. The first-order chi connectivity index (χ1) is 9.31. The van der Waals surface area contributed by atoms with Crippen LogP contribution in [-0.4, -0.2) is 22.9 Å². The number of rotatable bonds is 5. The Bertz CT molecular complexity index is 582. The fourth-order valence-electron chi connectivity index (χ4n) is 1.45. The number of anilines is 1. The van der Waals surface area contributed by atoms with E-state index in [4.69, 9.17) is 4.74 Å². The maximum Gasteiger partial charge on any atom is 0.205 e. The van der Waals surface area contributed by atoms with Crippen molar-refractivity contribution in [1.82, 2.24) is 9.97 Å². The minimum Gasteiger partial charge on any atom is -0.493 e. The van der Waals surface area contributed by atoms with Crippen molar-refractivity contribution in [3.63, 3.8) is 0 Å². The molecule has 0 spiro atoms. The predicted octanol–water partition coefficient (Wildman–Crippen LogP) is 2.29. The van der Waals surface area contributed by atoms with Gasteiger partial charge < -0.3 is 10.1 Å². The Hall–Kier alpha value is -2.69. The lowest BCUT2D eigenvalue weighted by molar-refractivity contribution is 0.104. The van der Waals surface area contributed by atoms with Crippen molar-refractivity contribution in [3.05, 3.63) is 60.7 Å². The van der Waals surface area contributed by atoms with Gasteiger partial charge in [0.25, 0.3) is 0 Å². The molecule has 2 aromatic heterocycles. The zero-order valence-electron chi connectivity index (χ0n) is 10.4. The number of hydrogen-bond acceptors (Lipinski definition) is 5. The van der Waals surface area contributed by atoms with Crippen molar-refractivity contribution in [3.8, 4) is 5.75 Å². The van der Waals surface area contributed by atoms with Crippen LogP contribution in [0.1, 0.15) is 10.5 Å². The van der Waals surface area contributed by atoms with Crippen LogP contribution in [0, 0.1) is 0 Å². The smallest absolute Gasteiger partial charge is 0.205 e. The van der Waals surface area contributed by atoms with Gasteiger partial charge in [-0.3, -0.25) is 9.78 Å². The first kappa shape index (κ1) is 12.8. The van der Waals surface area contributed by atoms with Crippen molar-refractivity contribution in [1.29, 1.82) is 0 Å². The molecule has 0 amide bonds. The first-order valence-corrected chi connectivity index (χ1v) is 5.68. The standard InChI is InChI=1S/C14H13N3O2/c1-19-13-6-4-9-16-14(13)17-10-7-12(18)11-5-2-3-8-15-11/h2-10H,1H3,(H,16,17)/b10-7-. The lowest BCUT2D eigenvalue weighted by atomic mass is 10.2. The monoisotopic (exact) mass is 255 g/mol. The molecule has 0 saturated heterocycles. The highest BCUT2D eigenvalue weighted by molar-refractivity contribution is 6.03. The Morgan fingerprint density at radius 3 is 2.79 bits per heavy atom. The van der Waals surface area contributed by atoms with Gasteiger partial charge in [-0.1, -0.05) is 6.07 Å². The molecule has 0 aliphatic rings. The summed E-state index contributed by atoms with van der Waals surface area (Å²) < 4.78 is 5.13. The fraction of sp³-hybridized carbons (Fsp3) is 0.0714. The van der Waals surface area contributed by atoms with Gasteiger partial charge in [-0.2, -0.15) is 0 Å². The maximum atomic E-state index is 11.7. The quantitative estimate of drug-likeness (QED) is 0.656. The van der Waals surface area contributed by atoms with E-state index in [2.05, 4.69) is 15.3 Å². The molecule has 0 atom stereocenters. The SMILES string of the molecule is COc1cccnc1N/C=C\C(=O)c1ccccn1. The van der Waals surface area contributed by atoms with Crippen molar-refractivity contribution < 1.29 is 9.53 Å². The third-order valence-electron chi connectivity index (χ3n) is 2.36.